The Morgan fingerprint density at radius 3 is 1.93 bits per heavy atom. The molecule has 2 aromatic rings. The molecule has 1 aliphatic heterocycles. The lowest BCUT2D eigenvalue weighted by molar-refractivity contribution is -0.346. The number of rotatable bonds is 35. The highest BCUT2D eigenvalue weighted by Crippen LogP contribution is 2.64. The number of Topliss-reactive ketones (excluding diaryl/α,β-unsaturated/α-hetero) is 1. The number of ketones is 1. The van der Waals surface area contributed by atoms with Crippen LogP contribution in [-0.2, 0) is 75.5 Å². The van der Waals surface area contributed by atoms with E-state index in [0.717, 1.165) is 39.5 Å². The van der Waals surface area contributed by atoms with Crippen molar-refractivity contribution >= 4 is 49.4 Å². The zero-order valence-electron chi connectivity index (χ0n) is 52.9. The molecule has 2 saturated carbocycles. The molecule has 14 atom stereocenters. The molecule has 4 aliphatic rings. The van der Waals surface area contributed by atoms with Crippen molar-refractivity contribution in [3.05, 3.63) is 82.9 Å². The molecule has 496 valence electrons. The maximum Gasteiger partial charge on any atom is 0.472 e. The topological polar surface area (TPSA) is 339 Å². The van der Waals surface area contributed by atoms with Gasteiger partial charge in [0.05, 0.1) is 48.9 Å². The molecule has 2 aromatic carbocycles. The first-order chi connectivity index (χ1) is 42.2. The lowest BCUT2D eigenvalue weighted by atomic mass is 9.44. The first-order valence-electron chi connectivity index (χ1n) is 31.5. The van der Waals surface area contributed by atoms with Gasteiger partial charge < -0.3 is 59.1 Å². The number of nitrogens with two attached hydrogens (primary N) is 1. The molecule has 0 radical (unpaired) electrons. The van der Waals surface area contributed by atoms with Crippen molar-refractivity contribution in [2.45, 2.75) is 231 Å². The fraction of sp³-hybridized carbons (Fsp3) is 0.677. The zero-order valence-corrected chi connectivity index (χ0v) is 53.8. The van der Waals surface area contributed by atoms with Crippen molar-refractivity contribution in [3.8, 4) is 0 Å². The number of aliphatic hydroxyl groups excluding tert-OH is 2. The number of unbranched alkanes of at least 4 members (excludes halogenated alkanes) is 13. The summed E-state index contributed by atoms with van der Waals surface area (Å²) in [6.07, 6.45) is 3.22. The zero-order chi connectivity index (χ0) is 65.3. The first-order valence-corrected chi connectivity index (χ1v) is 33.0. The molecule has 7 N–H and O–H groups in total. The number of carbonyl (C=O) groups is 7. The van der Waals surface area contributed by atoms with Gasteiger partial charge in [-0.25, -0.2) is 14.2 Å². The second kappa shape index (κ2) is 32.7. The smallest absolute Gasteiger partial charge is 0.462 e. The van der Waals surface area contributed by atoms with Crippen LogP contribution in [-0.4, -0.2) is 155 Å². The number of fused-ring (bicyclic) bond motifs is 5. The number of hydrogen-bond donors (Lipinski definition) is 6. The fourth-order valence-electron chi connectivity index (χ4n) is 13.2. The van der Waals surface area contributed by atoms with Crippen LogP contribution in [0, 0.1) is 16.7 Å². The molecule has 3 aliphatic carbocycles. The fourth-order valence-corrected chi connectivity index (χ4v) is 14.0. The third-order valence-electron chi connectivity index (χ3n) is 18.2. The molecule has 23 nitrogen and oxygen atoms in total. The summed E-state index contributed by atoms with van der Waals surface area (Å²) in [7, 11) is -4.73. The van der Waals surface area contributed by atoms with Gasteiger partial charge in [0.25, 0.3) is 0 Å². The predicted molar refractivity (Wildman–Crippen MR) is 323 cm³/mol. The summed E-state index contributed by atoms with van der Waals surface area (Å²) in [6.45, 7) is 9.48. The molecular weight excluding hydrogens is 1180 g/mol. The van der Waals surface area contributed by atoms with E-state index in [1.165, 1.54) is 105 Å². The van der Waals surface area contributed by atoms with Crippen molar-refractivity contribution < 1.29 is 101 Å². The Morgan fingerprint density at radius 2 is 1.38 bits per heavy atom. The monoisotopic (exact) mass is 1270 g/mol. The Kier molecular flexibility index (Phi) is 26.7. The lowest BCUT2D eigenvalue weighted by Gasteiger charge is -2.67. The number of phosphoric ester groups is 1. The van der Waals surface area contributed by atoms with Gasteiger partial charge in [0.2, 0.25) is 0 Å². The second-order valence-corrected chi connectivity index (χ2v) is 26.3. The Labute approximate surface area is 522 Å². The maximum atomic E-state index is 15.7. The van der Waals surface area contributed by atoms with Gasteiger partial charge in [-0.3, -0.25) is 38.3 Å². The summed E-state index contributed by atoms with van der Waals surface area (Å²) in [5.41, 5.74) is -2.47. The average molecular weight is 1270 g/mol. The van der Waals surface area contributed by atoms with Crippen LogP contribution in [0.25, 0.3) is 0 Å². The van der Waals surface area contributed by atoms with E-state index in [1.807, 2.05) is 0 Å². The van der Waals surface area contributed by atoms with Crippen molar-refractivity contribution in [2.75, 3.05) is 33.0 Å². The van der Waals surface area contributed by atoms with Gasteiger partial charge in [-0.05, 0) is 56.0 Å². The standard InChI is InChI=1S/C65H95N2O21P/c1-9-10-11-12-13-14-15-16-17-18-19-20-21-28-33-51(71)80-38-47(39-83-89(78,79)82-35-34-66)85-59(74)42(3)67-53(45-29-24-22-25-30-45)54(72)61(76)86-48-37-65(77)58(87-60(75)46-31-26-23-27-32-46)56-63(8,49(70)36-50-64(56,40-81-50)88-44(5)69)57(73)55(84-43(4)68)52(41(48)2)62(65,6)7/h22-27,29-32,42,47-50,53-56,58,67,70,72,77H,9-21,28,33-40,66H2,1-8H3,(H,78,79). The number of hydrogen-bond acceptors (Lipinski definition) is 22. The minimum atomic E-state index is -4.73. The van der Waals surface area contributed by atoms with Crippen LogP contribution in [0.3, 0.4) is 0 Å². The minimum Gasteiger partial charge on any atom is -0.462 e. The average Bonchev–Trinajstić information content (AvgIpc) is 0.673. The van der Waals surface area contributed by atoms with Crippen molar-refractivity contribution in [2.24, 2.45) is 22.5 Å². The molecule has 1 heterocycles. The van der Waals surface area contributed by atoms with E-state index in [9.17, 15) is 53.5 Å². The molecular formula is C65H95N2O21P. The SMILES string of the molecule is CCCCCCCCCCCCCCCCC(=O)OCC(COP(=O)(O)OCCN)OC(=O)C(C)NC(c1ccccc1)C(O)C(=O)OC1CC2(O)C(OC(=O)c3ccccc3)C3C4(OC(C)=O)COC4CC(O)C3(C)C(=O)C(OC(C)=O)C(=C1C)C2(C)C. The van der Waals surface area contributed by atoms with Crippen LogP contribution >= 0.6 is 7.82 Å². The molecule has 14 unspecified atom stereocenters. The van der Waals surface area contributed by atoms with Crippen LogP contribution in [0.5, 0.6) is 0 Å². The highest BCUT2D eigenvalue weighted by atomic mass is 31.2. The predicted octanol–water partition coefficient (Wildman–Crippen LogP) is 7.70. The number of benzene rings is 2. The Morgan fingerprint density at radius 1 is 0.798 bits per heavy atom. The molecule has 24 heteroatoms. The summed E-state index contributed by atoms with van der Waals surface area (Å²) in [4.78, 5) is 109. The number of nitrogens with one attached hydrogen (secondary N) is 1. The van der Waals surface area contributed by atoms with Gasteiger partial charge in [0, 0.05) is 45.1 Å². The van der Waals surface area contributed by atoms with Crippen LogP contribution < -0.4 is 11.1 Å². The Hall–Kier alpha value is -5.46. The van der Waals surface area contributed by atoms with Crippen LogP contribution in [0.2, 0.25) is 0 Å². The minimum absolute atomic E-state index is 0.0225. The van der Waals surface area contributed by atoms with Crippen LogP contribution in [0.1, 0.15) is 187 Å². The molecule has 3 fully saturated rings. The van der Waals surface area contributed by atoms with E-state index in [1.54, 1.807) is 48.5 Å². The highest BCUT2D eigenvalue weighted by molar-refractivity contribution is 7.47. The molecule has 0 amide bonds. The van der Waals surface area contributed by atoms with E-state index in [2.05, 4.69) is 12.2 Å². The summed E-state index contributed by atoms with van der Waals surface area (Å²) in [5.74, 6) is -8.27. The van der Waals surface area contributed by atoms with Gasteiger partial charge >= 0.3 is 43.6 Å². The third kappa shape index (κ3) is 17.8. The Balaban J connectivity index is 1.24. The summed E-state index contributed by atoms with van der Waals surface area (Å²) in [5, 5.41) is 41.3. The van der Waals surface area contributed by atoms with Gasteiger partial charge in [-0.15, -0.1) is 0 Å². The van der Waals surface area contributed by atoms with E-state index < -0.39 is 152 Å². The lowest BCUT2D eigenvalue weighted by Crippen LogP contribution is -2.82. The number of carbonyl (C=O) groups excluding carboxylic acids is 7. The van der Waals surface area contributed by atoms with Crippen molar-refractivity contribution in [1.82, 2.24) is 5.32 Å². The number of aliphatic hydroxyl groups is 3. The quantitative estimate of drug-likeness (QED) is 0.0126. The second-order valence-electron chi connectivity index (χ2n) is 24.9. The number of ether oxygens (including phenoxy) is 7. The van der Waals surface area contributed by atoms with Gasteiger partial charge in [0.1, 0.15) is 36.6 Å². The maximum absolute atomic E-state index is 15.7. The molecule has 89 heavy (non-hydrogen) atoms. The number of phosphoric acid groups is 1. The van der Waals surface area contributed by atoms with E-state index in [-0.39, 0.29) is 54.9 Å². The molecule has 0 aromatic heterocycles. The summed E-state index contributed by atoms with van der Waals surface area (Å²) in [6, 6.07) is 12.8. The Bertz CT molecular complexity index is 2800. The normalized spacial score (nSPS) is 27.3. The first kappa shape index (κ1) is 72.6. The number of esters is 6. The van der Waals surface area contributed by atoms with E-state index >= 15 is 4.79 Å². The van der Waals surface area contributed by atoms with E-state index in [0.29, 0.717) is 6.42 Å². The third-order valence-corrected chi connectivity index (χ3v) is 19.2. The molecule has 1 saturated heterocycles. The highest BCUT2D eigenvalue weighted by Gasteiger charge is 2.78. The van der Waals surface area contributed by atoms with Gasteiger partial charge in [0.15, 0.2) is 29.7 Å². The van der Waals surface area contributed by atoms with Crippen LogP contribution in [0.15, 0.2) is 71.8 Å². The van der Waals surface area contributed by atoms with Crippen LogP contribution in [0.4, 0.5) is 0 Å². The molecule has 0 spiro atoms. The van der Waals surface area contributed by atoms with Gasteiger partial charge in [-0.2, -0.15) is 0 Å². The molecule has 6 rings (SSSR count). The van der Waals surface area contributed by atoms with Gasteiger partial charge in [-0.1, -0.05) is 153 Å². The summed E-state index contributed by atoms with van der Waals surface area (Å²) >= 11 is 0. The van der Waals surface area contributed by atoms with Crippen molar-refractivity contribution in [3.63, 3.8) is 0 Å². The van der Waals surface area contributed by atoms with E-state index in [4.69, 9.17) is 47.9 Å². The largest absolute Gasteiger partial charge is 0.472 e. The van der Waals surface area contributed by atoms with Crippen molar-refractivity contribution in [1.29, 1.82) is 0 Å². The molecule has 2 bridgehead atoms. The summed E-state index contributed by atoms with van der Waals surface area (Å²) < 4.78 is 64.4.